The van der Waals surface area contributed by atoms with Crippen LogP contribution >= 0.6 is 0 Å². The lowest BCUT2D eigenvalue weighted by molar-refractivity contribution is -0.145. The van der Waals surface area contributed by atoms with Crippen molar-refractivity contribution in [2.45, 2.75) is 13.1 Å². The number of nitrogens with two attached hydrogens (primary N) is 1. The lowest BCUT2D eigenvalue weighted by Crippen LogP contribution is -2.39. The van der Waals surface area contributed by atoms with Gasteiger partial charge in [-0.1, -0.05) is 30.3 Å². The second-order valence-corrected chi connectivity index (χ2v) is 4.46. The maximum atomic E-state index is 11.9. The fourth-order valence-corrected chi connectivity index (χ4v) is 1.91. The van der Waals surface area contributed by atoms with Crippen LogP contribution in [0.15, 0.2) is 42.6 Å². The fourth-order valence-electron chi connectivity index (χ4n) is 1.91. The number of rotatable bonds is 4. The smallest absolute Gasteiger partial charge is 0.312 e. The topological polar surface area (TPSA) is 81.2 Å². The van der Waals surface area contributed by atoms with Crippen LogP contribution in [0.5, 0.6) is 0 Å². The standard InChI is InChI=1S/C14H16N4O2/c1-17-12(7-8-16-17)10-18(14(20)13(15)19)9-11-5-3-2-4-6-11/h2-8H,9-10H2,1H3,(H2,15,19). The maximum Gasteiger partial charge on any atom is 0.312 e. The summed E-state index contributed by atoms with van der Waals surface area (Å²) in [5, 5.41) is 4.04. The van der Waals surface area contributed by atoms with Crippen molar-refractivity contribution in [3.8, 4) is 0 Å². The van der Waals surface area contributed by atoms with Crippen molar-refractivity contribution >= 4 is 11.8 Å². The zero-order chi connectivity index (χ0) is 14.5. The summed E-state index contributed by atoms with van der Waals surface area (Å²) in [6.45, 7) is 0.612. The molecule has 2 amide bonds. The van der Waals surface area contributed by atoms with E-state index in [4.69, 9.17) is 5.73 Å². The van der Waals surface area contributed by atoms with Crippen molar-refractivity contribution in [3.63, 3.8) is 0 Å². The third kappa shape index (κ3) is 3.23. The first-order chi connectivity index (χ1) is 9.58. The molecular weight excluding hydrogens is 256 g/mol. The summed E-state index contributed by atoms with van der Waals surface area (Å²) in [5.74, 6) is -1.65. The molecule has 20 heavy (non-hydrogen) atoms. The molecule has 2 N–H and O–H groups in total. The molecule has 0 aliphatic heterocycles. The lowest BCUT2D eigenvalue weighted by Gasteiger charge is -2.21. The Hall–Kier alpha value is -2.63. The molecule has 0 aliphatic rings. The van der Waals surface area contributed by atoms with E-state index in [0.717, 1.165) is 11.3 Å². The van der Waals surface area contributed by atoms with Crippen LogP contribution in [0.3, 0.4) is 0 Å². The highest BCUT2D eigenvalue weighted by molar-refractivity contribution is 6.34. The number of amides is 2. The minimum atomic E-state index is -0.955. The molecule has 6 nitrogen and oxygen atoms in total. The highest BCUT2D eigenvalue weighted by Gasteiger charge is 2.20. The Balaban J connectivity index is 2.19. The molecule has 1 aromatic heterocycles. The van der Waals surface area contributed by atoms with Crippen LogP contribution in [-0.2, 0) is 29.7 Å². The first-order valence-electron chi connectivity index (χ1n) is 6.17. The van der Waals surface area contributed by atoms with Gasteiger partial charge >= 0.3 is 11.8 Å². The molecule has 0 atom stereocenters. The average Bonchev–Trinajstić information content (AvgIpc) is 2.84. The Labute approximate surface area is 116 Å². The molecule has 104 valence electrons. The lowest BCUT2D eigenvalue weighted by atomic mass is 10.2. The van der Waals surface area contributed by atoms with E-state index in [9.17, 15) is 9.59 Å². The first kappa shape index (κ1) is 13.8. The number of carbonyl (C=O) groups excluding carboxylic acids is 2. The van der Waals surface area contributed by atoms with Gasteiger partial charge in [-0.25, -0.2) is 0 Å². The zero-order valence-corrected chi connectivity index (χ0v) is 11.2. The molecule has 0 aliphatic carbocycles. The highest BCUT2D eigenvalue weighted by atomic mass is 16.2. The van der Waals surface area contributed by atoms with Crippen LogP contribution in [0.1, 0.15) is 11.3 Å². The Kier molecular flexibility index (Phi) is 4.14. The Morgan fingerprint density at radius 1 is 1.20 bits per heavy atom. The minimum absolute atomic E-state index is 0.285. The molecule has 0 radical (unpaired) electrons. The van der Waals surface area contributed by atoms with Gasteiger partial charge in [0, 0.05) is 19.8 Å². The molecular formula is C14H16N4O2. The van der Waals surface area contributed by atoms with Gasteiger partial charge in [-0.15, -0.1) is 0 Å². The molecule has 2 aromatic rings. The highest BCUT2D eigenvalue weighted by Crippen LogP contribution is 2.09. The first-order valence-corrected chi connectivity index (χ1v) is 6.17. The number of carbonyl (C=O) groups is 2. The molecule has 2 rings (SSSR count). The minimum Gasteiger partial charge on any atom is -0.361 e. The van der Waals surface area contributed by atoms with Crippen molar-refractivity contribution in [3.05, 3.63) is 53.9 Å². The van der Waals surface area contributed by atoms with E-state index >= 15 is 0 Å². The van der Waals surface area contributed by atoms with E-state index in [2.05, 4.69) is 5.10 Å². The average molecular weight is 272 g/mol. The summed E-state index contributed by atoms with van der Waals surface area (Å²) < 4.78 is 1.66. The fraction of sp³-hybridized carbons (Fsp3) is 0.214. The van der Waals surface area contributed by atoms with Gasteiger partial charge in [0.2, 0.25) is 0 Å². The molecule has 0 bridgehead atoms. The maximum absolute atomic E-state index is 11.9. The number of nitrogens with zero attached hydrogens (tertiary/aromatic N) is 3. The van der Waals surface area contributed by atoms with Crippen LogP contribution in [0, 0.1) is 0 Å². The second-order valence-electron chi connectivity index (χ2n) is 4.46. The van der Waals surface area contributed by atoms with E-state index in [1.165, 1.54) is 4.90 Å². The van der Waals surface area contributed by atoms with Gasteiger partial charge in [-0.2, -0.15) is 5.10 Å². The SMILES string of the molecule is Cn1nccc1CN(Cc1ccccc1)C(=O)C(N)=O. The predicted molar refractivity (Wildman–Crippen MR) is 73.1 cm³/mol. The molecule has 6 heteroatoms. The van der Waals surface area contributed by atoms with E-state index in [1.54, 1.807) is 24.0 Å². The number of aromatic nitrogens is 2. The number of primary amides is 1. The third-order valence-corrected chi connectivity index (χ3v) is 2.99. The number of hydrogen-bond acceptors (Lipinski definition) is 3. The monoisotopic (exact) mass is 272 g/mol. The van der Waals surface area contributed by atoms with Crippen LogP contribution in [0.2, 0.25) is 0 Å². The molecule has 0 saturated heterocycles. The molecule has 0 spiro atoms. The summed E-state index contributed by atoms with van der Waals surface area (Å²) in [5.41, 5.74) is 6.87. The van der Waals surface area contributed by atoms with E-state index in [1.807, 2.05) is 30.3 Å². The Morgan fingerprint density at radius 2 is 1.90 bits per heavy atom. The molecule has 0 fully saturated rings. The van der Waals surface area contributed by atoms with Gasteiger partial charge < -0.3 is 10.6 Å². The van der Waals surface area contributed by atoms with Crippen molar-refractivity contribution in [2.24, 2.45) is 12.8 Å². The summed E-state index contributed by atoms with van der Waals surface area (Å²) in [4.78, 5) is 24.5. The van der Waals surface area contributed by atoms with Crippen LogP contribution in [-0.4, -0.2) is 26.5 Å². The predicted octanol–water partition coefficient (Wildman–Crippen LogP) is 0.434. The van der Waals surface area contributed by atoms with Crippen molar-refractivity contribution in [1.29, 1.82) is 0 Å². The molecule has 0 saturated carbocycles. The van der Waals surface area contributed by atoms with E-state index < -0.39 is 11.8 Å². The summed E-state index contributed by atoms with van der Waals surface area (Å²) in [7, 11) is 1.78. The van der Waals surface area contributed by atoms with Crippen LogP contribution in [0.25, 0.3) is 0 Å². The number of aryl methyl sites for hydroxylation is 1. The van der Waals surface area contributed by atoms with Crippen molar-refractivity contribution in [1.82, 2.24) is 14.7 Å². The van der Waals surface area contributed by atoms with Gasteiger partial charge in [-0.05, 0) is 11.6 Å². The van der Waals surface area contributed by atoms with E-state index in [0.29, 0.717) is 6.54 Å². The Morgan fingerprint density at radius 3 is 2.45 bits per heavy atom. The second kappa shape index (κ2) is 6.01. The summed E-state index contributed by atoms with van der Waals surface area (Å²) >= 11 is 0. The third-order valence-electron chi connectivity index (χ3n) is 2.99. The normalized spacial score (nSPS) is 10.2. The summed E-state index contributed by atoms with van der Waals surface area (Å²) in [6.07, 6.45) is 1.64. The zero-order valence-electron chi connectivity index (χ0n) is 11.2. The van der Waals surface area contributed by atoms with Crippen molar-refractivity contribution < 1.29 is 9.59 Å². The van der Waals surface area contributed by atoms with Crippen LogP contribution < -0.4 is 5.73 Å². The Bertz CT molecular complexity index is 607. The largest absolute Gasteiger partial charge is 0.361 e. The number of benzene rings is 1. The van der Waals surface area contributed by atoms with Crippen LogP contribution in [0.4, 0.5) is 0 Å². The molecule has 0 unspecified atom stereocenters. The molecule has 1 aromatic carbocycles. The quantitative estimate of drug-likeness (QED) is 0.820. The van der Waals surface area contributed by atoms with Gasteiger partial charge in [0.25, 0.3) is 0 Å². The van der Waals surface area contributed by atoms with Gasteiger partial charge in [0.1, 0.15) is 0 Å². The molecule has 1 heterocycles. The van der Waals surface area contributed by atoms with Gasteiger partial charge in [0.05, 0.1) is 12.2 Å². The number of hydrogen-bond donors (Lipinski definition) is 1. The van der Waals surface area contributed by atoms with Gasteiger partial charge in [-0.3, -0.25) is 14.3 Å². The summed E-state index contributed by atoms with van der Waals surface area (Å²) in [6, 6.07) is 11.2. The van der Waals surface area contributed by atoms with Gasteiger partial charge in [0.15, 0.2) is 0 Å². The van der Waals surface area contributed by atoms with E-state index in [-0.39, 0.29) is 6.54 Å². The van der Waals surface area contributed by atoms with Crippen molar-refractivity contribution in [2.75, 3.05) is 0 Å².